The molecule has 0 aromatic heterocycles. The SMILES string of the molecule is Fc1cccc(-c2cc3c4c(c2)N2c5ccccc5Oc5cccc(c52)B4c2ccccc2N3c2ccccc2)c1. The number of hydrogen-bond donors (Lipinski definition) is 0. The van der Waals surface area contributed by atoms with Gasteiger partial charge in [-0.1, -0.05) is 72.8 Å². The molecule has 6 aromatic carbocycles. The second-order valence-corrected chi connectivity index (χ2v) is 10.7. The van der Waals surface area contributed by atoms with Crippen LogP contribution in [0.3, 0.4) is 0 Å². The van der Waals surface area contributed by atoms with Gasteiger partial charge < -0.3 is 14.5 Å². The van der Waals surface area contributed by atoms with Gasteiger partial charge in [0.25, 0.3) is 6.71 Å². The average Bonchev–Trinajstić information content (AvgIpc) is 3.02. The molecule has 3 aliphatic rings. The lowest BCUT2D eigenvalue weighted by atomic mass is 9.33. The average molecular weight is 528 g/mol. The van der Waals surface area contributed by atoms with Crippen LogP contribution in [0.15, 0.2) is 133 Å². The number of benzene rings is 6. The third-order valence-corrected chi connectivity index (χ3v) is 8.46. The highest BCUT2D eigenvalue weighted by molar-refractivity contribution is 7.00. The molecule has 5 heteroatoms. The van der Waals surface area contributed by atoms with Crippen LogP contribution in [0, 0.1) is 5.82 Å². The quantitative estimate of drug-likeness (QED) is 0.214. The fourth-order valence-electron chi connectivity index (χ4n) is 6.83. The van der Waals surface area contributed by atoms with E-state index in [1.54, 1.807) is 12.1 Å². The van der Waals surface area contributed by atoms with Crippen molar-refractivity contribution in [3.8, 4) is 22.6 Å². The minimum atomic E-state index is -0.249. The zero-order valence-corrected chi connectivity index (χ0v) is 22.0. The van der Waals surface area contributed by atoms with E-state index in [0.29, 0.717) is 0 Å². The molecule has 9 rings (SSSR count). The summed E-state index contributed by atoms with van der Waals surface area (Å²) in [5.74, 6) is 1.41. The van der Waals surface area contributed by atoms with Gasteiger partial charge in [0.1, 0.15) is 5.82 Å². The van der Waals surface area contributed by atoms with Crippen molar-refractivity contribution >= 4 is 57.2 Å². The number of anilines is 6. The minimum Gasteiger partial charge on any atom is -0.453 e. The maximum atomic E-state index is 14.5. The number of fused-ring (bicyclic) bond motifs is 6. The van der Waals surface area contributed by atoms with E-state index in [9.17, 15) is 4.39 Å². The first-order valence-electron chi connectivity index (χ1n) is 13.8. The molecule has 0 spiro atoms. The van der Waals surface area contributed by atoms with Crippen molar-refractivity contribution in [1.82, 2.24) is 0 Å². The van der Waals surface area contributed by atoms with Crippen LogP contribution in [-0.4, -0.2) is 6.71 Å². The molecule has 0 saturated heterocycles. The lowest BCUT2D eigenvalue weighted by molar-refractivity contribution is 0.477. The van der Waals surface area contributed by atoms with Gasteiger partial charge in [0, 0.05) is 22.7 Å². The Morgan fingerprint density at radius 2 is 1.20 bits per heavy atom. The smallest absolute Gasteiger partial charge is 0.252 e. The fraction of sp³-hybridized carbons (Fsp3) is 0. The molecule has 0 atom stereocenters. The Morgan fingerprint density at radius 3 is 2.05 bits per heavy atom. The van der Waals surface area contributed by atoms with Crippen LogP contribution in [0.25, 0.3) is 11.1 Å². The molecule has 3 nitrogen and oxygen atoms in total. The molecular formula is C36H22BFN2O. The third-order valence-electron chi connectivity index (χ3n) is 8.46. The fourth-order valence-corrected chi connectivity index (χ4v) is 6.83. The highest BCUT2D eigenvalue weighted by atomic mass is 19.1. The van der Waals surface area contributed by atoms with Crippen molar-refractivity contribution in [3.63, 3.8) is 0 Å². The van der Waals surface area contributed by atoms with Crippen LogP contribution in [0.4, 0.5) is 38.5 Å². The van der Waals surface area contributed by atoms with Gasteiger partial charge in [-0.25, -0.2) is 4.39 Å². The van der Waals surface area contributed by atoms with Crippen LogP contribution >= 0.6 is 0 Å². The maximum Gasteiger partial charge on any atom is 0.252 e. The summed E-state index contributed by atoms with van der Waals surface area (Å²) in [5.41, 5.74) is 11.9. The highest BCUT2D eigenvalue weighted by Crippen LogP contribution is 2.53. The van der Waals surface area contributed by atoms with Crippen molar-refractivity contribution in [3.05, 3.63) is 139 Å². The van der Waals surface area contributed by atoms with E-state index in [4.69, 9.17) is 4.74 Å². The Hall–Kier alpha value is -5.29. The number of para-hydroxylation sites is 5. The summed E-state index contributed by atoms with van der Waals surface area (Å²) in [6, 6.07) is 45.1. The first-order chi connectivity index (χ1) is 20.3. The monoisotopic (exact) mass is 528 g/mol. The molecule has 0 bridgehead atoms. The summed E-state index contributed by atoms with van der Waals surface area (Å²) in [7, 11) is 0. The highest BCUT2D eigenvalue weighted by Gasteiger charge is 2.45. The molecule has 0 fully saturated rings. The lowest BCUT2D eigenvalue weighted by Gasteiger charge is -2.46. The van der Waals surface area contributed by atoms with Gasteiger partial charge >= 0.3 is 0 Å². The van der Waals surface area contributed by atoms with E-state index in [1.165, 1.54) is 22.5 Å². The van der Waals surface area contributed by atoms with Gasteiger partial charge in [-0.2, -0.15) is 0 Å². The lowest BCUT2D eigenvalue weighted by Crippen LogP contribution is -2.61. The Labute approximate surface area is 237 Å². The Balaban J connectivity index is 1.44. The van der Waals surface area contributed by atoms with Gasteiger partial charge in [-0.05, 0) is 88.2 Å². The number of hydrogen-bond acceptors (Lipinski definition) is 3. The van der Waals surface area contributed by atoms with Gasteiger partial charge in [-0.3, -0.25) is 0 Å². The van der Waals surface area contributed by atoms with Crippen molar-refractivity contribution in [2.24, 2.45) is 0 Å². The van der Waals surface area contributed by atoms with E-state index in [-0.39, 0.29) is 12.5 Å². The predicted octanol–water partition coefficient (Wildman–Crippen LogP) is 7.68. The number of rotatable bonds is 2. The number of ether oxygens (including phenoxy) is 1. The third kappa shape index (κ3) is 3.14. The summed E-state index contributed by atoms with van der Waals surface area (Å²) < 4.78 is 21.0. The van der Waals surface area contributed by atoms with Crippen LogP contribution < -0.4 is 30.9 Å². The molecule has 3 aliphatic heterocycles. The first kappa shape index (κ1) is 22.5. The van der Waals surface area contributed by atoms with Gasteiger partial charge in [0.05, 0.1) is 11.4 Å². The van der Waals surface area contributed by atoms with Crippen LogP contribution in [0.5, 0.6) is 11.5 Å². The van der Waals surface area contributed by atoms with Gasteiger partial charge in [-0.15, -0.1) is 0 Å². The van der Waals surface area contributed by atoms with Gasteiger partial charge in [0.2, 0.25) is 0 Å². The molecule has 0 amide bonds. The second kappa shape index (κ2) is 8.36. The molecule has 0 N–H and O–H groups in total. The number of halogens is 1. The molecule has 0 saturated carbocycles. The normalized spacial score (nSPS) is 13.5. The molecule has 0 radical (unpaired) electrons. The summed E-state index contributed by atoms with van der Waals surface area (Å²) >= 11 is 0. The Morgan fingerprint density at radius 1 is 0.512 bits per heavy atom. The van der Waals surface area contributed by atoms with E-state index >= 15 is 0 Å². The maximum absolute atomic E-state index is 14.5. The van der Waals surface area contributed by atoms with Crippen molar-refractivity contribution in [1.29, 1.82) is 0 Å². The van der Waals surface area contributed by atoms with Crippen molar-refractivity contribution in [2.75, 3.05) is 9.80 Å². The molecule has 3 heterocycles. The van der Waals surface area contributed by atoms with E-state index in [2.05, 4.69) is 101 Å². The van der Waals surface area contributed by atoms with E-state index < -0.39 is 0 Å². The zero-order chi connectivity index (χ0) is 27.1. The summed E-state index contributed by atoms with van der Waals surface area (Å²) in [5, 5.41) is 0. The molecule has 6 aromatic rings. The standard InChI is InChI=1S/C36H22BFN2O/c38-25-11-8-10-23(20-25)24-21-31-35-32(22-24)40-30-17-6-7-18-33(30)41-34-19-9-15-28(36(34)40)37(35)27-14-4-5-16-29(27)39(31)26-12-2-1-3-13-26/h1-22H. The molecule has 192 valence electrons. The van der Waals surface area contributed by atoms with Gasteiger partial charge in [0.15, 0.2) is 11.5 Å². The Kier molecular flexibility index (Phi) is 4.59. The zero-order valence-electron chi connectivity index (χ0n) is 22.0. The molecule has 0 unspecified atom stereocenters. The Bertz CT molecular complexity index is 2030. The molecule has 41 heavy (non-hydrogen) atoms. The second-order valence-electron chi connectivity index (χ2n) is 10.7. The largest absolute Gasteiger partial charge is 0.453 e. The summed E-state index contributed by atoms with van der Waals surface area (Å²) in [4.78, 5) is 4.70. The van der Waals surface area contributed by atoms with Crippen LogP contribution in [0.1, 0.15) is 0 Å². The minimum absolute atomic E-state index is 0.0118. The summed E-state index contributed by atoms with van der Waals surface area (Å²) in [6.45, 7) is 0.0118. The van der Waals surface area contributed by atoms with Crippen LogP contribution in [-0.2, 0) is 0 Å². The van der Waals surface area contributed by atoms with E-state index in [1.807, 2.05) is 24.3 Å². The summed E-state index contributed by atoms with van der Waals surface area (Å²) in [6.07, 6.45) is 0. The van der Waals surface area contributed by atoms with Crippen molar-refractivity contribution in [2.45, 2.75) is 0 Å². The molecule has 0 aliphatic carbocycles. The predicted molar refractivity (Wildman–Crippen MR) is 166 cm³/mol. The molecular weight excluding hydrogens is 506 g/mol. The first-order valence-corrected chi connectivity index (χ1v) is 13.8. The van der Waals surface area contributed by atoms with Crippen molar-refractivity contribution < 1.29 is 9.13 Å². The number of nitrogens with zero attached hydrogens (tertiary/aromatic N) is 2. The van der Waals surface area contributed by atoms with E-state index in [0.717, 1.165) is 56.8 Å². The van der Waals surface area contributed by atoms with Crippen LogP contribution in [0.2, 0.25) is 0 Å². The topological polar surface area (TPSA) is 15.7 Å².